The Labute approximate surface area is 164 Å². The number of aliphatic hydroxyl groups is 1. The van der Waals surface area contributed by atoms with E-state index in [-0.39, 0.29) is 13.2 Å². The first-order chi connectivity index (χ1) is 13.5. The molecule has 0 saturated carbocycles. The number of pyridine rings is 1. The fraction of sp³-hybridized carbons (Fsp3) is 0.381. The molecule has 0 amide bonds. The molecule has 3 rings (SSSR count). The minimum Gasteiger partial charge on any atom is -0.491 e. The molecule has 0 fully saturated rings. The van der Waals surface area contributed by atoms with Crippen LogP contribution >= 0.6 is 0 Å². The molecule has 3 aromatic rings. The van der Waals surface area contributed by atoms with Gasteiger partial charge in [0.25, 0.3) is 5.89 Å². The summed E-state index contributed by atoms with van der Waals surface area (Å²) in [5.41, 5.74) is 9.97. The van der Waals surface area contributed by atoms with Crippen molar-refractivity contribution in [2.45, 2.75) is 39.7 Å². The maximum Gasteiger partial charge on any atom is 0.258 e. The lowest BCUT2D eigenvalue weighted by Crippen LogP contribution is -2.26. The lowest BCUT2D eigenvalue weighted by atomic mass is 10.1. The van der Waals surface area contributed by atoms with Crippen LogP contribution in [0.15, 0.2) is 34.9 Å². The Bertz CT molecular complexity index is 939. The number of ether oxygens (including phenoxy) is 1. The van der Waals surface area contributed by atoms with Crippen LogP contribution in [0.5, 0.6) is 5.75 Å². The predicted molar refractivity (Wildman–Crippen MR) is 107 cm³/mol. The van der Waals surface area contributed by atoms with Crippen LogP contribution in [-0.4, -0.2) is 39.5 Å². The molecule has 0 aliphatic carbocycles. The highest BCUT2D eigenvalue weighted by Gasteiger charge is 2.14. The fourth-order valence-corrected chi connectivity index (χ4v) is 2.91. The number of nitrogens with zero attached hydrogens (tertiary/aromatic N) is 3. The van der Waals surface area contributed by atoms with Crippen molar-refractivity contribution in [2.24, 2.45) is 5.73 Å². The number of rotatable bonds is 8. The number of hydrogen-bond donors (Lipinski definition) is 2. The SMILES string of the molecule is CCCc1cc(-c2nc(-c3ccc(OCC(O)CN)c(C)c3)no2)cc(C)n1. The van der Waals surface area contributed by atoms with Crippen molar-refractivity contribution in [3.05, 3.63) is 47.3 Å². The van der Waals surface area contributed by atoms with Crippen molar-refractivity contribution < 1.29 is 14.4 Å². The van der Waals surface area contributed by atoms with Gasteiger partial charge in [0.1, 0.15) is 18.5 Å². The Morgan fingerprint density at radius 1 is 1.14 bits per heavy atom. The molecule has 0 aliphatic rings. The van der Waals surface area contributed by atoms with E-state index >= 15 is 0 Å². The molecule has 0 radical (unpaired) electrons. The standard InChI is InChI=1S/C21H26N4O3/c1-4-5-17-10-16(9-14(3)23-17)21-24-20(25-28-21)15-6-7-19(13(2)8-15)27-12-18(26)11-22/h6-10,18,26H,4-5,11-12,22H2,1-3H3. The van der Waals surface area contributed by atoms with Gasteiger partial charge in [-0.05, 0) is 56.2 Å². The molecule has 3 N–H and O–H groups in total. The molecule has 1 atom stereocenters. The third-order valence-electron chi connectivity index (χ3n) is 4.32. The topological polar surface area (TPSA) is 107 Å². The number of hydrogen-bond acceptors (Lipinski definition) is 7. The summed E-state index contributed by atoms with van der Waals surface area (Å²) in [7, 11) is 0. The molecule has 0 spiro atoms. The third-order valence-corrected chi connectivity index (χ3v) is 4.32. The average molecular weight is 382 g/mol. The molecule has 2 aromatic heterocycles. The van der Waals surface area contributed by atoms with Gasteiger partial charge in [-0.2, -0.15) is 4.98 Å². The van der Waals surface area contributed by atoms with Crippen LogP contribution < -0.4 is 10.5 Å². The summed E-state index contributed by atoms with van der Waals surface area (Å²) in [5, 5.41) is 13.7. The van der Waals surface area contributed by atoms with Crippen LogP contribution in [0.4, 0.5) is 0 Å². The third kappa shape index (κ3) is 4.74. The molecule has 0 saturated heterocycles. The lowest BCUT2D eigenvalue weighted by molar-refractivity contribution is 0.114. The summed E-state index contributed by atoms with van der Waals surface area (Å²) in [6.45, 7) is 6.34. The van der Waals surface area contributed by atoms with Gasteiger partial charge in [-0.1, -0.05) is 18.5 Å². The molecule has 148 valence electrons. The van der Waals surface area contributed by atoms with Crippen LogP contribution in [-0.2, 0) is 6.42 Å². The van der Waals surface area contributed by atoms with E-state index in [1.165, 1.54) is 0 Å². The Kier molecular flexibility index (Phi) is 6.38. The second kappa shape index (κ2) is 8.95. The van der Waals surface area contributed by atoms with Gasteiger partial charge >= 0.3 is 0 Å². The molecule has 1 aromatic carbocycles. The minimum absolute atomic E-state index is 0.157. The number of aliphatic hydroxyl groups excluding tert-OH is 1. The van der Waals surface area contributed by atoms with Crippen LogP contribution in [0.1, 0.15) is 30.3 Å². The Balaban J connectivity index is 1.81. The second-order valence-corrected chi connectivity index (χ2v) is 6.84. The number of aromatic nitrogens is 3. The van der Waals surface area contributed by atoms with Crippen LogP contribution in [0.25, 0.3) is 22.8 Å². The monoisotopic (exact) mass is 382 g/mol. The van der Waals surface area contributed by atoms with Crippen LogP contribution in [0, 0.1) is 13.8 Å². The molecule has 2 heterocycles. The highest BCUT2D eigenvalue weighted by Crippen LogP contribution is 2.27. The summed E-state index contributed by atoms with van der Waals surface area (Å²) in [4.78, 5) is 9.09. The van der Waals surface area contributed by atoms with Crippen molar-refractivity contribution in [3.63, 3.8) is 0 Å². The van der Waals surface area contributed by atoms with E-state index in [4.69, 9.17) is 15.0 Å². The van der Waals surface area contributed by atoms with Gasteiger partial charge in [0, 0.05) is 29.1 Å². The fourth-order valence-electron chi connectivity index (χ4n) is 2.91. The molecule has 1 unspecified atom stereocenters. The minimum atomic E-state index is -0.680. The lowest BCUT2D eigenvalue weighted by Gasteiger charge is -2.12. The van der Waals surface area contributed by atoms with E-state index in [1.807, 2.05) is 44.2 Å². The van der Waals surface area contributed by atoms with Gasteiger partial charge < -0.3 is 20.1 Å². The van der Waals surface area contributed by atoms with E-state index in [9.17, 15) is 5.11 Å². The van der Waals surface area contributed by atoms with E-state index in [0.29, 0.717) is 17.5 Å². The molecule has 7 nitrogen and oxygen atoms in total. The Morgan fingerprint density at radius 2 is 1.96 bits per heavy atom. The van der Waals surface area contributed by atoms with E-state index in [1.54, 1.807) is 0 Å². The molecular formula is C21H26N4O3. The smallest absolute Gasteiger partial charge is 0.258 e. The molecule has 7 heteroatoms. The van der Waals surface area contributed by atoms with E-state index < -0.39 is 6.10 Å². The Hall–Kier alpha value is -2.77. The normalized spacial score (nSPS) is 12.2. The van der Waals surface area contributed by atoms with Gasteiger partial charge in [-0.25, -0.2) is 0 Å². The van der Waals surface area contributed by atoms with Crippen molar-refractivity contribution in [2.75, 3.05) is 13.2 Å². The van der Waals surface area contributed by atoms with Gasteiger partial charge in [-0.3, -0.25) is 4.98 Å². The zero-order chi connectivity index (χ0) is 20.1. The van der Waals surface area contributed by atoms with Crippen molar-refractivity contribution >= 4 is 0 Å². The highest BCUT2D eigenvalue weighted by atomic mass is 16.5. The average Bonchev–Trinajstić information content (AvgIpc) is 3.17. The first-order valence-corrected chi connectivity index (χ1v) is 9.43. The predicted octanol–water partition coefficient (Wildman–Crippen LogP) is 3.07. The van der Waals surface area contributed by atoms with E-state index in [0.717, 1.165) is 40.9 Å². The first kappa shape index (κ1) is 20.0. The first-order valence-electron chi connectivity index (χ1n) is 9.43. The molecule has 0 bridgehead atoms. The largest absolute Gasteiger partial charge is 0.491 e. The van der Waals surface area contributed by atoms with Crippen LogP contribution in [0.2, 0.25) is 0 Å². The van der Waals surface area contributed by atoms with Gasteiger partial charge in [-0.15, -0.1) is 0 Å². The van der Waals surface area contributed by atoms with Gasteiger partial charge in [0.05, 0.1) is 0 Å². The van der Waals surface area contributed by atoms with Crippen molar-refractivity contribution in [3.8, 4) is 28.6 Å². The second-order valence-electron chi connectivity index (χ2n) is 6.84. The summed E-state index contributed by atoms with van der Waals surface area (Å²) < 4.78 is 11.1. The number of benzene rings is 1. The molecular weight excluding hydrogens is 356 g/mol. The van der Waals surface area contributed by atoms with Gasteiger partial charge in [0.2, 0.25) is 5.82 Å². The quantitative estimate of drug-likeness (QED) is 0.616. The zero-order valence-electron chi connectivity index (χ0n) is 16.5. The maximum atomic E-state index is 9.54. The van der Waals surface area contributed by atoms with Crippen LogP contribution in [0.3, 0.4) is 0 Å². The zero-order valence-corrected chi connectivity index (χ0v) is 16.5. The maximum absolute atomic E-state index is 9.54. The van der Waals surface area contributed by atoms with Crippen molar-refractivity contribution in [1.82, 2.24) is 15.1 Å². The van der Waals surface area contributed by atoms with Crippen molar-refractivity contribution in [1.29, 1.82) is 0 Å². The summed E-state index contributed by atoms with van der Waals surface area (Å²) in [6.07, 6.45) is 1.26. The molecule has 28 heavy (non-hydrogen) atoms. The summed E-state index contributed by atoms with van der Waals surface area (Å²) in [5.74, 6) is 1.67. The Morgan fingerprint density at radius 3 is 2.68 bits per heavy atom. The summed E-state index contributed by atoms with van der Waals surface area (Å²) >= 11 is 0. The number of aryl methyl sites for hydroxylation is 3. The highest BCUT2D eigenvalue weighted by molar-refractivity contribution is 5.62. The number of nitrogens with two attached hydrogens (primary N) is 1. The summed E-state index contributed by atoms with van der Waals surface area (Å²) in [6, 6.07) is 9.57. The van der Waals surface area contributed by atoms with Gasteiger partial charge in [0.15, 0.2) is 0 Å². The molecule has 0 aliphatic heterocycles. The van der Waals surface area contributed by atoms with E-state index in [2.05, 4.69) is 22.0 Å².